The number of nitrogens with one attached hydrogen (secondary N) is 2. The van der Waals surface area contributed by atoms with Crippen LogP contribution >= 0.6 is 0 Å². The van der Waals surface area contributed by atoms with Crippen molar-refractivity contribution in [3.8, 4) is 11.5 Å². The fraction of sp³-hybridized carbons (Fsp3) is 0.182. The zero-order chi connectivity index (χ0) is 20.8. The Hall–Kier alpha value is -3.61. The van der Waals surface area contributed by atoms with E-state index in [2.05, 4.69) is 17.2 Å². The van der Waals surface area contributed by atoms with Gasteiger partial charge < -0.3 is 14.8 Å². The van der Waals surface area contributed by atoms with Gasteiger partial charge in [-0.3, -0.25) is 10.1 Å². The van der Waals surface area contributed by atoms with Gasteiger partial charge in [-0.2, -0.15) is 0 Å². The average Bonchev–Trinajstić information content (AvgIpc) is 3.00. The first-order chi connectivity index (χ1) is 14.0. The largest absolute Gasteiger partial charge is 0.490 e. The predicted molar refractivity (Wildman–Crippen MR) is 107 cm³/mol. The van der Waals surface area contributed by atoms with E-state index in [1.54, 1.807) is 30.4 Å². The van der Waals surface area contributed by atoms with Crippen molar-refractivity contribution in [3.05, 3.63) is 77.3 Å². The highest BCUT2D eigenvalue weighted by atomic mass is 19.1. The van der Waals surface area contributed by atoms with E-state index in [4.69, 9.17) is 9.47 Å². The Morgan fingerprint density at radius 3 is 2.48 bits per heavy atom. The minimum atomic E-state index is -0.558. The molecule has 2 N–H and O–H groups in total. The lowest BCUT2D eigenvalue weighted by atomic mass is 10.0. The zero-order valence-corrected chi connectivity index (χ0v) is 16.0. The Labute approximate surface area is 168 Å². The molecule has 0 unspecified atom stereocenters. The Kier molecular flexibility index (Phi) is 6.29. The highest BCUT2D eigenvalue weighted by molar-refractivity contribution is 6.14. The van der Waals surface area contributed by atoms with Gasteiger partial charge in [0.15, 0.2) is 11.5 Å². The van der Waals surface area contributed by atoms with Crippen molar-refractivity contribution in [3.63, 3.8) is 0 Å². The van der Waals surface area contributed by atoms with Gasteiger partial charge in [-0.1, -0.05) is 18.2 Å². The molecule has 0 saturated carbocycles. The van der Waals surface area contributed by atoms with Crippen LogP contribution in [0.1, 0.15) is 23.6 Å². The maximum atomic E-state index is 13.1. The first-order valence-electron chi connectivity index (χ1n) is 9.12. The van der Waals surface area contributed by atoms with Crippen LogP contribution in [0.15, 0.2) is 54.8 Å². The number of hydrogen-bond acceptors (Lipinski definition) is 4. The molecule has 1 heterocycles. The van der Waals surface area contributed by atoms with Gasteiger partial charge in [-0.15, -0.1) is 6.58 Å². The second-order valence-electron chi connectivity index (χ2n) is 6.31. The van der Waals surface area contributed by atoms with Crippen molar-refractivity contribution in [2.24, 2.45) is 0 Å². The SMILES string of the molecule is C=CCc1cc(C=C2NC(=O)NC2=O)cc(OCC)c1OCc1ccc(F)cc1. The molecule has 0 aromatic heterocycles. The lowest BCUT2D eigenvalue weighted by molar-refractivity contribution is -0.115. The van der Waals surface area contributed by atoms with Crippen molar-refractivity contribution in [2.45, 2.75) is 20.0 Å². The maximum absolute atomic E-state index is 13.1. The number of ether oxygens (including phenoxy) is 2. The Morgan fingerprint density at radius 1 is 1.10 bits per heavy atom. The zero-order valence-electron chi connectivity index (χ0n) is 16.0. The van der Waals surface area contributed by atoms with Crippen LogP contribution in [-0.2, 0) is 17.8 Å². The second-order valence-corrected chi connectivity index (χ2v) is 6.31. The van der Waals surface area contributed by atoms with E-state index in [1.165, 1.54) is 12.1 Å². The van der Waals surface area contributed by atoms with Crippen molar-refractivity contribution < 1.29 is 23.5 Å². The number of carbonyl (C=O) groups excluding carboxylic acids is 2. The monoisotopic (exact) mass is 396 g/mol. The number of halogens is 1. The molecule has 0 radical (unpaired) electrons. The molecule has 29 heavy (non-hydrogen) atoms. The molecule has 0 spiro atoms. The van der Waals surface area contributed by atoms with Crippen LogP contribution < -0.4 is 20.1 Å². The Morgan fingerprint density at radius 2 is 1.86 bits per heavy atom. The number of carbonyl (C=O) groups is 2. The van der Waals surface area contributed by atoms with Crippen LogP contribution in [0, 0.1) is 5.82 Å². The van der Waals surface area contributed by atoms with Gasteiger partial charge in [0.2, 0.25) is 0 Å². The summed E-state index contributed by atoms with van der Waals surface area (Å²) in [7, 11) is 0. The molecule has 1 saturated heterocycles. The number of allylic oxidation sites excluding steroid dienone is 1. The second kappa shape index (κ2) is 9.05. The summed E-state index contributed by atoms with van der Waals surface area (Å²) < 4.78 is 24.9. The highest BCUT2D eigenvalue weighted by Gasteiger charge is 2.23. The average molecular weight is 396 g/mol. The van der Waals surface area contributed by atoms with Crippen LogP contribution in [-0.4, -0.2) is 18.5 Å². The van der Waals surface area contributed by atoms with Crippen molar-refractivity contribution >= 4 is 18.0 Å². The molecule has 7 heteroatoms. The van der Waals surface area contributed by atoms with Gasteiger partial charge in [0.1, 0.15) is 18.1 Å². The van der Waals surface area contributed by atoms with E-state index in [1.807, 2.05) is 13.0 Å². The van der Waals surface area contributed by atoms with Gasteiger partial charge in [-0.05, 0) is 54.8 Å². The molecule has 1 aliphatic rings. The Bertz CT molecular complexity index is 968. The summed E-state index contributed by atoms with van der Waals surface area (Å²) in [6, 6.07) is 9.09. The summed E-state index contributed by atoms with van der Waals surface area (Å²) in [6.45, 7) is 6.29. The summed E-state index contributed by atoms with van der Waals surface area (Å²) in [5, 5.41) is 4.62. The predicted octanol–water partition coefficient (Wildman–Crippen LogP) is 3.71. The fourth-order valence-corrected chi connectivity index (χ4v) is 2.89. The van der Waals surface area contributed by atoms with E-state index in [0.29, 0.717) is 30.1 Å². The molecule has 150 valence electrons. The first-order valence-corrected chi connectivity index (χ1v) is 9.12. The lowest BCUT2D eigenvalue weighted by Crippen LogP contribution is -2.22. The summed E-state index contributed by atoms with van der Waals surface area (Å²) >= 11 is 0. The molecular formula is C22H21FN2O4. The summed E-state index contributed by atoms with van der Waals surface area (Å²) in [5.74, 6) is 0.259. The molecule has 0 bridgehead atoms. The number of benzene rings is 2. The van der Waals surface area contributed by atoms with E-state index >= 15 is 0 Å². The summed E-state index contributed by atoms with van der Waals surface area (Å²) in [6.07, 6.45) is 3.81. The number of hydrogen-bond donors (Lipinski definition) is 2. The van der Waals surface area contributed by atoms with Gasteiger partial charge >= 0.3 is 6.03 Å². The normalized spacial score (nSPS) is 14.5. The van der Waals surface area contributed by atoms with Crippen molar-refractivity contribution in [2.75, 3.05) is 6.61 Å². The van der Waals surface area contributed by atoms with Gasteiger partial charge in [-0.25, -0.2) is 9.18 Å². The van der Waals surface area contributed by atoms with Crippen LogP contribution in [0.3, 0.4) is 0 Å². The molecule has 2 aromatic rings. The molecule has 6 nitrogen and oxygen atoms in total. The minimum Gasteiger partial charge on any atom is -0.490 e. The highest BCUT2D eigenvalue weighted by Crippen LogP contribution is 2.35. The van der Waals surface area contributed by atoms with E-state index < -0.39 is 11.9 Å². The molecular weight excluding hydrogens is 375 g/mol. The number of urea groups is 1. The topological polar surface area (TPSA) is 76.7 Å². The quantitative estimate of drug-likeness (QED) is 0.405. The molecule has 3 amide bonds. The fourth-order valence-electron chi connectivity index (χ4n) is 2.89. The van der Waals surface area contributed by atoms with Crippen molar-refractivity contribution in [1.82, 2.24) is 10.6 Å². The smallest absolute Gasteiger partial charge is 0.326 e. The molecule has 2 aromatic carbocycles. The van der Waals surface area contributed by atoms with Gasteiger partial charge in [0.05, 0.1) is 6.61 Å². The molecule has 0 aliphatic carbocycles. The Balaban J connectivity index is 1.94. The van der Waals surface area contributed by atoms with E-state index in [9.17, 15) is 14.0 Å². The van der Waals surface area contributed by atoms with Crippen LogP contribution in [0.2, 0.25) is 0 Å². The molecule has 1 fully saturated rings. The number of rotatable bonds is 8. The third-order valence-corrected chi connectivity index (χ3v) is 4.15. The third kappa shape index (κ3) is 5.01. The summed E-state index contributed by atoms with van der Waals surface area (Å²) in [4.78, 5) is 23.1. The van der Waals surface area contributed by atoms with Crippen LogP contribution in [0.25, 0.3) is 6.08 Å². The standard InChI is InChI=1S/C22H21FN2O4/c1-3-5-16-10-15(11-18-21(26)25-22(27)24-18)12-19(28-4-2)20(16)29-13-14-6-8-17(23)9-7-14/h3,6-12H,1,4-5,13H2,2H3,(H2,24,25,26,27). The lowest BCUT2D eigenvalue weighted by Gasteiger charge is -2.17. The number of amides is 3. The number of imide groups is 1. The van der Waals surface area contributed by atoms with Gasteiger partial charge in [0, 0.05) is 5.56 Å². The summed E-state index contributed by atoms with van der Waals surface area (Å²) in [5.41, 5.74) is 2.45. The van der Waals surface area contributed by atoms with Crippen LogP contribution in [0.5, 0.6) is 11.5 Å². The minimum absolute atomic E-state index is 0.155. The molecule has 1 aliphatic heterocycles. The molecule has 0 atom stereocenters. The van der Waals surface area contributed by atoms with E-state index in [-0.39, 0.29) is 18.1 Å². The molecule has 3 rings (SSSR count). The van der Waals surface area contributed by atoms with Crippen LogP contribution in [0.4, 0.5) is 9.18 Å². The van der Waals surface area contributed by atoms with Gasteiger partial charge in [0.25, 0.3) is 5.91 Å². The maximum Gasteiger partial charge on any atom is 0.326 e. The van der Waals surface area contributed by atoms with E-state index in [0.717, 1.165) is 11.1 Å². The first kappa shape index (κ1) is 20.1. The third-order valence-electron chi connectivity index (χ3n) is 4.15. The van der Waals surface area contributed by atoms with Crippen molar-refractivity contribution in [1.29, 1.82) is 0 Å².